The zero-order chi connectivity index (χ0) is 13.8. The van der Waals surface area contributed by atoms with Crippen LogP contribution in [0.1, 0.15) is 29.9 Å². The molecule has 0 radical (unpaired) electrons. The molecule has 0 aliphatic heterocycles. The second-order valence-corrected chi connectivity index (χ2v) is 4.73. The van der Waals surface area contributed by atoms with Crippen LogP contribution in [0.2, 0.25) is 0 Å². The molecule has 1 aromatic carbocycles. The summed E-state index contributed by atoms with van der Waals surface area (Å²) in [5, 5.41) is 3.49. The lowest BCUT2D eigenvalue weighted by Crippen LogP contribution is -2.08. The molecule has 0 amide bonds. The topological polar surface area (TPSA) is 34.1 Å². The van der Waals surface area contributed by atoms with Gasteiger partial charge in [-0.2, -0.15) is 0 Å². The number of ether oxygens (including phenoxy) is 1. The predicted octanol–water partition coefficient (Wildman–Crippen LogP) is 3.88. The first-order chi connectivity index (χ1) is 9.10. The summed E-state index contributed by atoms with van der Waals surface area (Å²) in [5.74, 6) is 0.880. The van der Waals surface area contributed by atoms with Gasteiger partial charge in [-0.3, -0.25) is 4.98 Å². The fourth-order valence-corrected chi connectivity index (χ4v) is 2.07. The summed E-state index contributed by atoms with van der Waals surface area (Å²) in [7, 11) is 1.69. The van der Waals surface area contributed by atoms with Gasteiger partial charge in [-0.15, -0.1) is 0 Å². The average Bonchev–Trinajstić information content (AvgIpc) is 2.42. The molecule has 1 unspecified atom stereocenters. The second-order valence-electron chi connectivity index (χ2n) is 4.73. The third-order valence-corrected chi connectivity index (χ3v) is 3.19. The Kier molecular flexibility index (Phi) is 4.05. The SMILES string of the molecule is COc1cccc(C(C)Nc2ccc(C)nc2C)c1. The standard InChI is InChI=1S/C16H20N2O/c1-11-8-9-16(13(3)17-11)18-12(2)14-6-5-7-15(10-14)19-4/h5-10,12,18H,1-4H3. The lowest BCUT2D eigenvalue weighted by atomic mass is 10.1. The molecule has 19 heavy (non-hydrogen) atoms. The minimum Gasteiger partial charge on any atom is -0.497 e. The molecule has 0 saturated heterocycles. The molecule has 1 heterocycles. The van der Waals surface area contributed by atoms with Crippen molar-refractivity contribution >= 4 is 5.69 Å². The quantitative estimate of drug-likeness (QED) is 0.901. The summed E-state index contributed by atoms with van der Waals surface area (Å²) in [6.07, 6.45) is 0. The molecular formula is C16H20N2O. The number of hydrogen-bond acceptors (Lipinski definition) is 3. The summed E-state index contributed by atoms with van der Waals surface area (Å²) in [6.45, 7) is 6.16. The number of hydrogen-bond donors (Lipinski definition) is 1. The van der Waals surface area contributed by atoms with E-state index in [9.17, 15) is 0 Å². The third kappa shape index (κ3) is 3.25. The molecular weight excluding hydrogens is 236 g/mol. The van der Waals surface area contributed by atoms with Crippen LogP contribution < -0.4 is 10.1 Å². The fourth-order valence-electron chi connectivity index (χ4n) is 2.07. The van der Waals surface area contributed by atoms with E-state index < -0.39 is 0 Å². The highest BCUT2D eigenvalue weighted by Gasteiger charge is 2.08. The summed E-state index contributed by atoms with van der Waals surface area (Å²) in [4.78, 5) is 4.47. The van der Waals surface area contributed by atoms with Gasteiger partial charge >= 0.3 is 0 Å². The number of nitrogens with zero attached hydrogens (tertiary/aromatic N) is 1. The molecule has 3 nitrogen and oxygen atoms in total. The maximum Gasteiger partial charge on any atom is 0.119 e. The van der Waals surface area contributed by atoms with Crippen LogP contribution in [0, 0.1) is 13.8 Å². The van der Waals surface area contributed by atoms with E-state index in [1.54, 1.807) is 7.11 Å². The number of anilines is 1. The van der Waals surface area contributed by atoms with E-state index in [1.807, 2.05) is 32.0 Å². The first-order valence-corrected chi connectivity index (χ1v) is 6.45. The molecule has 100 valence electrons. The fraction of sp³-hybridized carbons (Fsp3) is 0.312. The van der Waals surface area contributed by atoms with E-state index in [2.05, 4.69) is 35.4 Å². The Morgan fingerprint density at radius 1 is 1.16 bits per heavy atom. The van der Waals surface area contributed by atoms with Gasteiger partial charge in [0.25, 0.3) is 0 Å². The Labute approximate surface area is 114 Å². The van der Waals surface area contributed by atoms with Crippen molar-refractivity contribution in [3.05, 3.63) is 53.3 Å². The van der Waals surface area contributed by atoms with Crippen LogP contribution >= 0.6 is 0 Å². The molecule has 1 atom stereocenters. The first-order valence-electron chi connectivity index (χ1n) is 6.45. The number of pyridine rings is 1. The molecule has 0 bridgehead atoms. The van der Waals surface area contributed by atoms with Gasteiger partial charge in [0.1, 0.15) is 5.75 Å². The van der Waals surface area contributed by atoms with Crippen molar-refractivity contribution in [2.24, 2.45) is 0 Å². The van der Waals surface area contributed by atoms with Crippen LogP contribution in [0.25, 0.3) is 0 Å². The molecule has 0 spiro atoms. The lowest BCUT2D eigenvalue weighted by molar-refractivity contribution is 0.414. The minimum atomic E-state index is 0.207. The van der Waals surface area contributed by atoms with Gasteiger partial charge in [-0.25, -0.2) is 0 Å². The van der Waals surface area contributed by atoms with Crippen LogP contribution in [-0.4, -0.2) is 12.1 Å². The van der Waals surface area contributed by atoms with E-state index in [1.165, 1.54) is 5.56 Å². The van der Waals surface area contributed by atoms with Gasteiger partial charge in [0, 0.05) is 11.7 Å². The number of nitrogens with one attached hydrogen (secondary N) is 1. The van der Waals surface area contributed by atoms with E-state index in [4.69, 9.17) is 4.74 Å². The maximum absolute atomic E-state index is 5.25. The van der Waals surface area contributed by atoms with Crippen LogP contribution in [0.3, 0.4) is 0 Å². The Bertz CT molecular complexity index is 566. The minimum absolute atomic E-state index is 0.207. The molecule has 2 aromatic rings. The maximum atomic E-state index is 5.25. The van der Waals surface area contributed by atoms with E-state index in [-0.39, 0.29) is 6.04 Å². The highest BCUT2D eigenvalue weighted by molar-refractivity contribution is 5.49. The number of methoxy groups -OCH3 is 1. The van der Waals surface area contributed by atoms with Gasteiger partial charge < -0.3 is 10.1 Å². The lowest BCUT2D eigenvalue weighted by Gasteiger charge is -2.17. The van der Waals surface area contributed by atoms with E-state index in [0.29, 0.717) is 0 Å². The highest BCUT2D eigenvalue weighted by Crippen LogP contribution is 2.24. The second kappa shape index (κ2) is 5.74. The molecule has 1 aromatic heterocycles. The van der Waals surface area contributed by atoms with Crippen molar-refractivity contribution in [2.75, 3.05) is 12.4 Å². The molecule has 0 aliphatic rings. The molecule has 0 saturated carbocycles. The Morgan fingerprint density at radius 2 is 1.95 bits per heavy atom. The van der Waals surface area contributed by atoms with Crippen LogP contribution in [-0.2, 0) is 0 Å². The highest BCUT2D eigenvalue weighted by atomic mass is 16.5. The van der Waals surface area contributed by atoms with Crippen molar-refractivity contribution in [1.29, 1.82) is 0 Å². The number of aromatic nitrogens is 1. The molecule has 3 heteroatoms. The van der Waals surface area contributed by atoms with Crippen molar-refractivity contribution in [1.82, 2.24) is 4.98 Å². The number of benzene rings is 1. The third-order valence-electron chi connectivity index (χ3n) is 3.19. The first kappa shape index (κ1) is 13.4. The molecule has 0 fully saturated rings. The van der Waals surface area contributed by atoms with Crippen LogP contribution in [0.15, 0.2) is 36.4 Å². The van der Waals surface area contributed by atoms with Crippen molar-refractivity contribution in [2.45, 2.75) is 26.8 Å². The van der Waals surface area contributed by atoms with Gasteiger partial charge in [-0.1, -0.05) is 12.1 Å². The van der Waals surface area contributed by atoms with E-state index >= 15 is 0 Å². The monoisotopic (exact) mass is 256 g/mol. The molecule has 2 rings (SSSR count). The number of aryl methyl sites for hydroxylation is 2. The van der Waals surface area contributed by atoms with Crippen LogP contribution in [0.4, 0.5) is 5.69 Å². The summed E-state index contributed by atoms with van der Waals surface area (Å²) < 4.78 is 5.25. The van der Waals surface area contributed by atoms with Gasteiger partial charge in [0.15, 0.2) is 0 Å². The zero-order valence-electron chi connectivity index (χ0n) is 11.9. The van der Waals surface area contributed by atoms with Crippen molar-refractivity contribution in [3.8, 4) is 5.75 Å². The number of rotatable bonds is 4. The van der Waals surface area contributed by atoms with Gasteiger partial charge in [0.2, 0.25) is 0 Å². The van der Waals surface area contributed by atoms with Crippen LogP contribution in [0.5, 0.6) is 5.75 Å². The van der Waals surface area contributed by atoms with Crippen molar-refractivity contribution in [3.63, 3.8) is 0 Å². The average molecular weight is 256 g/mol. The molecule has 1 N–H and O–H groups in total. The zero-order valence-corrected chi connectivity index (χ0v) is 11.9. The van der Waals surface area contributed by atoms with Crippen molar-refractivity contribution < 1.29 is 4.74 Å². The Balaban J connectivity index is 2.17. The predicted molar refractivity (Wildman–Crippen MR) is 78.7 cm³/mol. The summed E-state index contributed by atoms with van der Waals surface area (Å²) in [5.41, 5.74) is 4.33. The Morgan fingerprint density at radius 3 is 2.63 bits per heavy atom. The summed E-state index contributed by atoms with van der Waals surface area (Å²) in [6, 6.07) is 12.4. The molecule has 0 aliphatic carbocycles. The largest absolute Gasteiger partial charge is 0.497 e. The summed E-state index contributed by atoms with van der Waals surface area (Å²) >= 11 is 0. The Hall–Kier alpha value is -2.03. The van der Waals surface area contributed by atoms with Gasteiger partial charge in [0.05, 0.1) is 18.5 Å². The van der Waals surface area contributed by atoms with Gasteiger partial charge in [-0.05, 0) is 50.6 Å². The smallest absolute Gasteiger partial charge is 0.119 e. The van der Waals surface area contributed by atoms with E-state index in [0.717, 1.165) is 22.8 Å². The normalized spacial score (nSPS) is 12.0.